The first-order valence-electron chi connectivity index (χ1n) is 6.67. The van der Waals surface area contributed by atoms with Gasteiger partial charge in [0.15, 0.2) is 0 Å². The minimum Gasteiger partial charge on any atom is -0.351 e. The standard InChI is InChI=1S/C14H20ClN3O2/c1-4-18(5-2)13(19)6-7-16-14(20)11-9-17-10(3)8-12(11)15/h8-9H,4-7H2,1-3H3,(H,16,20). The van der Waals surface area contributed by atoms with Crippen molar-refractivity contribution in [2.75, 3.05) is 19.6 Å². The zero-order valence-electron chi connectivity index (χ0n) is 12.1. The second-order valence-corrected chi connectivity index (χ2v) is 4.78. The van der Waals surface area contributed by atoms with Crippen LogP contribution in [0.4, 0.5) is 0 Å². The lowest BCUT2D eigenvalue weighted by Gasteiger charge is -2.18. The Kier molecular flexibility index (Phi) is 6.45. The number of pyridine rings is 1. The van der Waals surface area contributed by atoms with Gasteiger partial charge in [-0.3, -0.25) is 14.6 Å². The molecule has 0 spiro atoms. The molecule has 0 saturated carbocycles. The monoisotopic (exact) mass is 297 g/mol. The molecule has 5 nitrogen and oxygen atoms in total. The molecular weight excluding hydrogens is 278 g/mol. The van der Waals surface area contributed by atoms with Crippen molar-refractivity contribution in [2.45, 2.75) is 27.2 Å². The van der Waals surface area contributed by atoms with E-state index in [1.54, 1.807) is 17.9 Å². The maximum absolute atomic E-state index is 11.9. The lowest BCUT2D eigenvalue weighted by molar-refractivity contribution is -0.130. The highest BCUT2D eigenvalue weighted by Gasteiger charge is 2.13. The number of aromatic nitrogens is 1. The molecule has 0 aliphatic heterocycles. The lowest BCUT2D eigenvalue weighted by Crippen LogP contribution is -2.34. The van der Waals surface area contributed by atoms with Crippen LogP contribution >= 0.6 is 11.6 Å². The van der Waals surface area contributed by atoms with Crippen molar-refractivity contribution in [1.29, 1.82) is 0 Å². The van der Waals surface area contributed by atoms with Crippen molar-refractivity contribution in [3.05, 3.63) is 28.5 Å². The highest BCUT2D eigenvalue weighted by molar-refractivity contribution is 6.33. The Balaban J connectivity index is 2.50. The summed E-state index contributed by atoms with van der Waals surface area (Å²) in [4.78, 5) is 29.4. The number of nitrogens with zero attached hydrogens (tertiary/aromatic N) is 2. The maximum atomic E-state index is 11.9. The molecule has 1 aromatic rings. The summed E-state index contributed by atoms with van der Waals surface area (Å²) in [6.45, 7) is 7.30. The molecule has 0 aliphatic rings. The van der Waals surface area contributed by atoms with Crippen molar-refractivity contribution >= 4 is 23.4 Å². The Labute approximate surface area is 124 Å². The third-order valence-electron chi connectivity index (χ3n) is 2.98. The lowest BCUT2D eigenvalue weighted by atomic mass is 10.2. The smallest absolute Gasteiger partial charge is 0.254 e. The number of carbonyl (C=O) groups is 2. The second-order valence-electron chi connectivity index (χ2n) is 4.38. The van der Waals surface area contributed by atoms with Crippen LogP contribution in [0.15, 0.2) is 12.3 Å². The van der Waals surface area contributed by atoms with Crippen LogP contribution in [0.25, 0.3) is 0 Å². The fourth-order valence-corrected chi connectivity index (χ4v) is 2.10. The predicted octanol–water partition coefficient (Wildman–Crippen LogP) is 2.03. The average molecular weight is 298 g/mol. The minimum atomic E-state index is -0.310. The zero-order chi connectivity index (χ0) is 15.1. The minimum absolute atomic E-state index is 0.0310. The first-order valence-corrected chi connectivity index (χ1v) is 7.05. The highest BCUT2D eigenvalue weighted by Crippen LogP contribution is 2.15. The fourth-order valence-electron chi connectivity index (χ4n) is 1.81. The van der Waals surface area contributed by atoms with Crippen LogP contribution in [-0.2, 0) is 4.79 Å². The summed E-state index contributed by atoms with van der Waals surface area (Å²) in [5.41, 5.74) is 1.08. The second kappa shape index (κ2) is 7.85. The molecule has 0 unspecified atom stereocenters. The molecule has 1 N–H and O–H groups in total. The summed E-state index contributed by atoms with van der Waals surface area (Å²) in [6, 6.07) is 1.64. The first kappa shape index (κ1) is 16.4. The zero-order valence-corrected chi connectivity index (χ0v) is 12.8. The van der Waals surface area contributed by atoms with Gasteiger partial charge >= 0.3 is 0 Å². The quantitative estimate of drug-likeness (QED) is 0.874. The van der Waals surface area contributed by atoms with Gasteiger partial charge in [-0.2, -0.15) is 0 Å². The Hall–Kier alpha value is -1.62. The van der Waals surface area contributed by atoms with Gasteiger partial charge in [0.1, 0.15) is 0 Å². The number of halogens is 1. The van der Waals surface area contributed by atoms with E-state index in [0.717, 1.165) is 5.69 Å². The molecule has 1 rings (SSSR count). The highest BCUT2D eigenvalue weighted by atomic mass is 35.5. The number of amides is 2. The number of nitrogens with one attached hydrogen (secondary N) is 1. The predicted molar refractivity (Wildman–Crippen MR) is 78.9 cm³/mol. The van der Waals surface area contributed by atoms with Crippen molar-refractivity contribution in [3.63, 3.8) is 0 Å². The van der Waals surface area contributed by atoms with E-state index in [-0.39, 0.29) is 18.2 Å². The van der Waals surface area contributed by atoms with E-state index in [4.69, 9.17) is 11.6 Å². The number of aryl methyl sites for hydroxylation is 1. The summed E-state index contributed by atoms with van der Waals surface area (Å²) in [5, 5.41) is 3.05. The van der Waals surface area contributed by atoms with Crippen molar-refractivity contribution < 1.29 is 9.59 Å². The van der Waals surface area contributed by atoms with Gasteiger partial charge in [0.05, 0.1) is 10.6 Å². The van der Waals surface area contributed by atoms with Gasteiger partial charge in [-0.05, 0) is 26.8 Å². The van der Waals surface area contributed by atoms with Gasteiger partial charge in [0.2, 0.25) is 5.91 Å². The Morgan fingerprint density at radius 3 is 2.55 bits per heavy atom. The van der Waals surface area contributed by atoms with Crippen molar-refractivity contribution in [3.8, 4) is 0 Å². The molecule has 0 radical (unpaired) electrons. The normalized spacial score (nSPS) is 10.2. The van der Waals surface area contributed by atoms with Crippen LogP contribution in [0, 0.1) is 6.92 Å². The largest absolute Gasteiger partial charge is 0.351 e. The van der Waals surface area contributed by atoms with E-state index < -0.39 is 0 Å². The summed E-state index contributed by atoms with van der Waals surface area (Å²) in [5.74, 6) is -0.279. The molecule has 20 heavy (non-hydrogen) atoms. The van der Waals surface area contributed by atoms with Crippen LogP contribution in [0.1, 0.15) is 36.3 Å². The fraction of sp³-hybridized carbons (Fsp3) is 0.500. The van der Waals surface area contributed by atoms with Gasteiger partial charge in [0, 0.05) is 37.9 Å². The van der Waals surface area contributed by atoms with Crippen LogP contribution in [0.5, 0.6) is 0 Å². The van der Waals surface area contributed by atoms with Crippen LogP contribution in [0.3, 0.4) is 0 Å². The average Bonchev–Trinajstić information content (AvgIpc) is 2.39. The number of hydrogen-bond donors (Lipinski definition) is 1. The Morgan fingerprint density at radius 2 is 2.00 bits per heavy atom. The van der Waals surface area contributed by atoms with E-state index in [1.807, 2.05) is 13.8 Å². The van der Waals surface area contributed by atoms with E-state index in [9.17, 15) is 9.59 Å². The molecule has 0 aliphatic carbocycles. The van der Waals surface area contributed by atoms with Crippen molar-refractivity contribution in [1.82, 2.24) is 15.2 Å². The van der Waals surface area contributed by atoms with Gasteiger partial charge in [-0.25, -0.2) is 0 Å². The molecule has 1 heterocycles. The Morgan fingerprint density at radius 1 is 1.35 bits per heavy atom. The summed E-state index contributed by atoms with van der Waals surface area (Å²) in [7, 11) is 0. The molecular formula is C14H20ClN3O2. The van der Waals surface area contributed by atoms with E-state index in [1.165, 1.54) is 6.20 Å². The first-order chi connectivity index (χ1) is 9.49. The van der Waals surface area contributed by atoms with E-state index >= 15 is 0 Å². The van der Waals surface area contributed by atoms with Crippen LogP contribution in [-0.4, -0.2) is 41.3 Å². The summed E-state index contributed by atoms with van der Waals surface area (Å²) >= 11 is 5.99. The molecule has 6 heteroatoms. The topological polar surface area (TPSA) is 62.3 Å². The molecule has 0 aromatic carbocycles. The SMILES string of the molecule is CCN(CC)C(=O)CCNC(=O)c1cnc(C)cc1Cl. The summed E-state index contributed by atoms with van der Waals surface area (Å²) < 4.78 is 0. The van der Waals surface area contributed by atoms with Crippen LogP contribution in [0.2, 0.25) is 5.02 Å². The van der Waals surface area contributed by atoms with Gasteiger partial charge in [-0.1, -0.05) is 11.6 Å². The maximum Gasteiger partial charge on any atom is 0.254 e. The number of hydrogen-bond acceptors (Lipinski definition) is 3. The number of rotatable bonds is 6. The number of carbonyl (C=O) groups excluding carboxylic acids is 2. The third kappa shape index (κ3) is 4.49. The van der Waals surface area contributed by atoms with E-state index in [2.05, 4.69) is 10.3 Å². The van der Waals surface area contributed by atoms with Gasteiger partial charge in [-0.15, -0.1) is 0 Å². The molecule has 2 amide bonds. The van der Waals surface area contributed by atoms with Gasteiger partial charge in [0.25, 0.3) is 5.91 Å². The summed E-state index contributed by atoms with van der Waals surface area (Å²) in [6.07, 6.45) is 1.73. The molecule has 0 bridgehead atoms. The molecule has 110 valence electrons. The van der Waals surface area contributed by atoms with E-state index in [0.29, 0.717) is 30.2 Å². The molecule has 0 saturated heterocycles. The molecule has 0 fully saturated rings. The van der Waals surface area contributed by atoms with Gasteiger partial charge < -0.3 is 10.2 Å². The van der Waals surface area contributed by atoms with Crippen LogP contribution < -0.4 is 5.32 Å². The Bertz CT molecular complexity index is 487. The molecule has 0 atom stereocenters. The molecule has 1 aromatic heterocycles. The van der Waals surface area contributed by atoms with Crippen molar-refractivity contribution in [2.24, 2.45) is 0 Å². The third-order valence-corrected chi connectivity index (χ3v) is 3.29.